The summed E-state index contributed by atoms with van der Waals surface area (Å²) in [5.41, 5.74) is 5.30. The standard InChI is InChI=1S/C14H18N2O5/c1-10-5-2-3-6-11(10)21-9-13(18)16-15-12(17)7-4-8-14(19)20/h2-3,5-6H,4,7-9H2,1H3,(H,15,17)(H,16,18)(H,19,20). The molecule has 3 N–H and O–H groups in total. The second-order valence-electron chi connectivity index (χ2n) is 4.40. The number of carbonyl (C=O) groups is 3. The number of aliphatic carboxylic acids is 1. The van der Waals surface area contributed by atoms with Gasteiger partial charge in [0.2, 0.25) is 5.91 Å². The van der Waals surface area contributed by atoms with Crippen LogP contribution in [0.1, 0.15) is 24.8 Å². The fourth-order valence-corrected chi connectivity index (χ4v) is 1.50. The molecule has 21 heavy (non-hydrogen) atoms. The molecule has 0 aliphatic carbocycles. The molecule has 7 heteroatoms. The Morgan fingerprint density at radius 2 is 1.76 bits per heavy atom. The van der Waals surface area contributed by atoms with Gasteiger partial charge in [-0.3, -0.25) is 25.2 Å². The number of benzene rings is 1. The van der Waals surface area contributed by atoms with Gasteiger partial charge in [0.25, 0.3) is 5.91 Å². The van der Waals surface area contributed by atoms with Gasteiger partial charge in [-0.2, -0.15) is 0 Å². The fraction of sp³-hybridized carbons (Fsp3) is 0.357. The van der Waals surface area contributed by atoms with E-state index in [0.29, 0.717) is 5.75 Å². The van der Waals surface area contributed by atoms with E-state index in [-0.39, 0.29) is 25.9 Å². The van der Waals surface area contributed by atoms with E-state index >= 15 is 0 Å². The molecule has 2 amide bonds. The molecule has 7 nitrogen and oxygen atoms in total. The van der Waals surface area contributed by atoms with Crippen molar-refractivity contribution >= 4 is 17.8 Å². The summed E-state index contributed by atoms with van der Waals surface area (Å²) < 4.78 is 5.30. The average molecular weight is 294 g/mol. The summed E-state index contributed by atoms with van der Waals surface area (Å²) in [5, 5.41) is 8.43. The van der Waals surface area contributed by atoms with Crippen LogP contribution in [-0.2, 0) is 14.4 Å². The van der Waals surface area contributed by atoms with E-state index in [1.165, 1.54) is 0 Å². The minimum atomic E-state index is -0.960. The Morgan fingerprint density at radius 1 is 1.10 bits per heavy atom. The van der Waals surface area contributed by atoms with Crippen molar-refractivity contribution < 1.29 is 24.2 Å². The summed E-state index contributed by atoms with van der Waals surface area (Å²) in [6.45, 7) is 1.64. The minimum Gasteiger partial charge on any atom is -0.483 e. The maximum Gasteiger partial charge on any atom is 0.303 e. The maximum atomic E-state index is 11.5. The number of carboxylic acid groups (broad SMARTS) is 1. The Morgan fingerprint density at radius 3 is 2.43 bits per heavy atom. The van der Waals surface area contributed by atoms with Crippen LogP contribution in [-0.4, -0.2) is 29.5 Å². The minimum absolute atomic E-state index is 0.0330. The third-order valence-corrected chi connectivity index (χ3v) is 2.59. The summed E-state index contributed by atoms with van der Waals surface area (Å²) in [7, 11) is 0. The molecule has 1 rings (SSSR count). The van der Waals surface area contributed by atoms with Crippen molar-refractivity contribution in [3.8, 4) is 5.75 Å². The van der Waals surface area contributed by atoms with Gasteiger partial charge in [0, 0.05) is 12.8 Å². The maximum absolute atomic E-state index is 11.5. The fourth-order valence-electron chi connectivity index (χ4n) is 1.50. The van der Waals surface area contributed by atoms with Crippen LogP contribution >= 0.6 is 0 Å². The Balaban J connectivity index is 2.21. The summed E-state index contributed by atoms with van der Waals surface area (Å²) >= 11 is 0. The largest absolute Gasteiger partial charge is 0.483 e. The van der Waals surface area contributed by atoms with Gasteiger partial charge in [0.15, 0.2) is 6.61 Å². The zero-order chi connectivity index (χ0) is 15.7. The van der Waals surface area contributed by atoms with Gasteiger partial charge >= 0.3 is 5.97 Å². The van der Waals surface area contributed by atoms with Gasteiger partial charge in [-0.1, -0.05) is 18.2 Å². The second kappa shape index (κ2) is 8.57. The van der Waals surface area contributed by atoms with Gasteiger partial charge in [0.1, 0.15) is 5.75 Å². The molecular formula is C14H18N2O5. The Hall–Kier alpha value is -2.57. The lowest BCUT2D eigenvalue weighted by molar-refractivity contribution is -0.137. The van der Waals surface area contributed by atoms with E-state index < -0.39 is 17.8 Å². The zero-order valence-corrected chi connectivity index (χ0v) is 11.7. The van der Waals surface area contributed by atoms with E-state index in [0.717, 1.165) is 5.56 Å². The number of amides is 2. The quantitative estimate of drug-likeness (QED) is 0.644. The summed E-state index contributed by atoms with van der Waals surface area (Å²) in [6, 6.07) is 7.26. The molecule has 0 spiro atoms. The predicted molar refractivity (Wildman–Crippen MR) is 74.4 cm³/mol. The number of nitrogens with one attached hydrogen (secondary N) is 2. The topological polar surface area (TPSA) is 105 Å². The molecule has 0 bridgehead atoms. The van der Waals surface area contributed by atoms with Crippen LogP contribution in [0.5, 0.6) is 5.75 Å². The SMILES string of the molecule is Cc1ccccc1OCC(=O)NNC(=O)CCCC(=O)O. The summed E-state index contributed by atoms with van der Waals surface area (Å²) in [4.78, 5) is 33.0. The molecule has 0 saturated carbocycles. The Kier molecular flexibility index (Phi) is 6.73. The van der Waals surface area contributed by atoms with Crippen LogP contribution < -0.4 is 15.6 Å². The molecule has 0 fully saturated rings. The number of carbonyl (C=O) groups excluding carboxylic acids is 2. The first-order chi connectivity index (χ1) is 9.99. The van der Waals surface area contributed by atoms with Gasteiger partial charge in [-0.15, -0.1) is 0 Å². The third-order valence-electron chi connectivity index (χ3n) is 2.59. The highest BCUT2D eigenvalue weighted by Crippen LogP contribution is 2.15. The number of hydrazine groups is 1. The molecule has 0 heterocycles. The van der Waals surface area contributed by atoms with Crippen LogP contribution in [0.15, 0.2) is 24.3 Å². The smallest absolute Gasteiger partial charge is 0.303 e. The van der Waals surface area contributed by atoms with E-state index in [1.807, 2.05) is 19.1 Å². The monoisotopic (exact) mass is 294 g/mol. The second-order valence-corrected chi connectivity index (χ2v) is 4.40. The molecule has 0 aliphatic rings. The predicted octanol–water partition coefficient (Wildman–Crippen LogP) is 0.776. The molecule has 1 aromatic carbocycles. The molecular weight excluding hydrogens is 276 g/mol. The lowest BCUT2D eigenvalue weighted by Gasteiger charge is -2.10. The van der Waals surface area contributed by atoms with Crippen LogP contribution in [0.25, 0.3) is 0 Å². The van der Waals surface area contributed by atoms with Gasteiger partial charge in [0.05, 0.1) is 0 Å². The normalized spacial score (nSPS) is 9.76. The Bertz CT molecular complexity index is 516. The zero-order valence-electron chi connectivity index (χ0n) is 11.7. The van der Waals surface area contributed by atoms with Crippen molar-refractivity contribution in [2.75, 3.05) is 6.61 Å². The van der Waals surface area contributed by atoms with Crippen molar-refractivity contribution in [1.82, 2.24) is 10.9 Å². The van der Waals surface area contributed by atoms with E-state index in [1.54, 1.807) is 12.1 Å². The van der Waals surface area contributed by atoms with Crippen LogP contribution in [0.3, 0.4) is 0 Å². The molecule has 0 aromatic heterocycles. The summed E-state index contributed by atoms with van der Waals surface area (Å²) in [6.07, 6.45) is 0.166. The van der Waals surface area contributed by atoms with E-state index in [4.69, 9.17) is 9.84 Å². The first-order valence-electron chi connectivity index (χ1n) is 6.47. The molecule has 1 aromatic rings. The molecule has 0 unspecified atom stereocenters. The lowest BCUT2D eigenvalue weighted by Crippen LogP contribution is -2.43. The van der Waals surface area contributed by atoms with E-state index in [9.17, 15) is 14.4 Å². The number of para-hydroxylation sites is 1. The van der Waals surface area contributed by atoms with E-state index in [2.05, 4.69) is 10.9 Å². The number of ether oxygens (including phenoxy) is 1. The molecule has 0 atom stereocenters. The highest BCUT2D eigenvalue weighted by molar-refractivity contribution is 5.82. The Labute approximate surface area is 122 Å². The highest BCUT2D eigenvalue weighted by Gasteiger charge is 2.07. The van der Waals surface area contributed by atoms with Gasteiger partial charge < -0.3 is 9.84 Å². The van der Waals surface area contributed by atoms with Crippen molar-refractivity contribution in [3.63, 3.8) is 0 Å². The number of rotatable bonds is 7. The molecule has 0 radical (unpaired) electrons. The number of hydrogen-bond donors (Lipinski definition) is 3. The van der Waals surface area contributed by atoms with Gasteiger partial charge in [-0.25, -0.2) is 0 Å². The van der Waals surface area contributed by atoms with Crippen molar-refractivity contribution in [2.45, 2.75) is 26.2 Å². The van der Waals surface area contributed by atoms with Crippen LogP contribution in [0.2, 0.25) is 0 Å². The van der Waals surface area contributed by atoms with Crippen LogP contribution in [0.4, 0.5) is 0 Å². The van der Waals surface area contributed by atoms with Crippen molar-refractivity contribution in [1.29, 1.82) is 0 Å². The third kappa shape index (κ3) is 6.95. The molecule has 0 saturated heterocycles. The highest BCUT2D eigenvalue weighted by atomic mass is 16.5. The first-order valence-corrected chi connectivity index (χ1v) is 6.47. The number of aryl methyl sites for hydroxylation is 1. The summed E-state index contributed by atoms with van der Waals surface area (Å²) in [5.74, 6) is -1.30. The van der Waals surface area contributed by atoms with Crippen molar-refractivity contribution in [2.24, 2.45) is 0 Å². The number of carboxylic acids is 1. The number of hydrogen-bond acceptors (Lipinski definition) is 4. The van der Waals surface area contributed by atoms with Crippen molar-refractivity contribution in [3.05, 3.63) is 29.8 Å². The first kappa shape index (κ1) is 16.5. The lowest BCUT2D eigenvalue weighted by atomic mass is 10.2. The van der Waals surface area contributed by atoms with Crippen LogP contribution in [0, 0.1) is 6.92 Å². The molecule has 0 aliphatic heterocycles. The average Bonchev–Trinajstić information content (AvgIpc) is 2.44. The van der Waals surface area contributed by atoms with Gasteiger partial charge in [-0.05, 0) is 25.0 Å². The molecule has 114 valence electrons.